The molecule has 5 nitrogen and oxygen atoms in total. The van der Waals surface area contributed by atoms with Crippen molar-refractivity contribution in [1.29, 1.82) is 0 Å². The van der Waals surface area contributed by atoms with Gasteiger partial charge in [-0.3, -0.25) is 0 Å². The Balaban J connectivity index is 3.04. The van der Waals surface area contributed by atoms with Crippen molar-refractivity contribution in [2.45, 2.75) is 24.8 Å². The van der Waals surface area contributed by atoms with E-state index in [4.69, 9.17) is 0 Å². The highest BCUT2D eigenvalue weighted by Gasteiger charge is 2.24. The van der Waals surface area contributed by atoms with Gasteiger partial charge in [0.25, 0.3) is 0 Å². The van der Waals surface area contributed by atoms with Crippen molar-refractivity contribution < 1.29 is 13.5 Å². The van der Waals surface area contributed by atoms with Gasteiger partial charge in [-0.2, -0.15) is 0 Å². The summed E-state index contributed by atoms with van der Waals surface area (Å²) >= 11 is 3.34. The molecule has 0 amide bonds. The lowest BCUT2D eigenvalue weighted by molar-refractivity contribution is 0.281. The van der Waals surface area contributed by atoms with E-state index in [0.717, 1.165) is 18.5 Å². The number of benzene rings is 1. The minimum atomic E-state index is -3.57. The number of aliphatic hydroxyl groups is 1. The number of aliphatic hydroxyl groups excluding tert-OH is 1. The fourth-order valence-electron chi connectivity index (χ4n) is 1.99. The molecule has 0 heterocycles. The van der Waals surface area contributed by atoms with Crippen LogP contribution in [-0.2, 0) is 16.6 Å². The van der Waals surface area contributed by atoms with Crippen LogP contribution in [0.1, 0.15) is 17.5 Å². The molecule has 0 aliphatic heterocycles. The van der Waals surface area contributed by atoms with Crippen LogP contribution in [0, 0.1) is 6.92 Å². The lowest BCUT2D eigenvalue weighted by Crippen LogP contribution is -2.30. The SMILES string of the molecule is Cc1cc(CO)cc(S(=O)(=O)N(C)CCCN(C)C)c1Br. The second kappa shape index (κ2) is 7.69. The van der Waals surface area contributed by atoms with Crippen LogP contribution in [0.4, 0.5) is 0 Å². The first-order valence-electron chi connectivity index (χ1n) is 6.71. The number of sulfonamides is 1. The molecule has 0 unspecified atom stereocenters. The molecule has 1 rings (SSSR count). The van der Waals surface area contributed by atoms with Gasteiger partial charge in [0, 0.05) is 18.1 Å². The van der Waals surface area contributed by atoms with Crippen LogP contribution in [0.15, 0.2) is 21.5 Å². The number of aryl methyl sites for hydroxylation is 1. The molecule has 1 aromatic rings. The highest BCUT2D eigenvalue weighted by Crippen LogP contribution is 2.29. The van der Waals surface area contributed by atoms with E-state index in [1.807, 2.05) is 25.9 Å². The Morgan fingerprint density at radius 1 is 1.19 bits per heavy atom. The normalized spacial score (nSPS) is 12.4. The summed E-state index contributed by atoms with van der Waals surface area (Å²) in [7, 11) is 1.93. The van der Waals surface area contributed by atoms with Crippen LogP contribution in [-0.4, -0.2) is 57.0 Å². The largest absolute Gasteiger partial charge is 0.392 e. The van der Waals surface area contributed by atoms with Crippen LogP contribution in [0.5, 0.6) is 0 Å². The Morgan fingerprint density at radius 3 is 2.33 bits per heavy atom. The summed E-state index contributed by atoms with van der Waals surface area (Å²) in [5.41, 5.74) is 1.39. The third-order valence-electron chi connectivity index (χ3n) is 3.23. The molecule has 0 radical (unpaired) electrons. The van der Waals surface area contributed by atoms with Gasteiger partial charge in [0.1, 0.15) is 0 Å². The summed E-state index contributed by atoms with van der Waals surface area (Å²) in [6.07, 6.45) is 0.763. The summed E-state index contributed by atoms with van der Waals surface area (Å²) in [6.45, 7) is 2.92. The first-order valence-corrected chi connectivity index (χ1v) is 8.94. The van der Waals surface area contributed by atoms with Gasteiger partial charge in [0.2, 0.25) is 10.0 Å². The molecule has 1 aromatic carbocycles. The second-order valence-corrected chi connectivity index (χ2v) is 8.17. The van der Waals surface area contributed by atoms with Crippen molar-refractivity contribution in [3.8, 4) is 0 Å². The van der Waals surface area contributed by atoms with E-state index >= 15 is 0 Å². The molecule has 0 bridgehead atoms. The molecule has 0 spiro atoms. The third kappa shape index (κ3) is 4.75. The molecule has 0 atom stereocenters. The zero-order chi connectivity index (χ0) is 16.2. The highest BCUT2D eigenvalue weighted by atomic mass is 79.9. The van der Waals surface area contributed by atoms with Crippen molar-refractivity contribution in [3.63, 3.8) is 0 Å². The van der Waals surface area contributed by atoms with Crippen molar-refractivity contribution in [2.24, 2.45) is 0 Å². The summed E-state index contributed by atoms with van der Waals surface area (Å²) in [6, 6.07) is 3.30. The van der Waals surface area contributed by atoms with Crippen molar-refractivity contribution in [3.05, 3.63) is 27.7 Å². The number of rotatable bonds is 7. The van der Waals surface area contributed by atoms with Gasteiger partial charge in [-0.15, -0.1) is 0 Å². The number of nitrogens with zero attached hydrogens (tertiary/aromatic N) is 2. The molecule has 0 aliphatic carbocycles. The summed E-state index contributed by atoms with van der Waals surface area (Å²) in [5, 5.41) is 9.25. The molecule has 120 valence electrons. The summed E-state index contributed by atoms with van der Waals surface area (Å²) in [5.74, 6) is 0. The Morgan fingerprint density at radius 2 is 1.81 bits per heavy atom. The molecule has 0 aliphatic rings. The maximum Gasteiger partial charge on any atom is 0.243 e. The van der Waals surface area contributed by atoms with Crippen LogP contribution < -0.4 is 0 Å². The number of hydrogen-bond donors (Lipinski definition) is 1. The number of halogens is 1. The molecular formula is C14H23BrN2O3S. The van der Waals surface area contributed by atoms with E-state index in [2.05, 4.69) is 15.9 Å². The van der Waals surface area contributed by atoms with E-state index in [-0.39, 0.29) is 11.5 Å². The zero-order valence-corrected chi connectivity index (χ0v) is 15.3. The third-order valence-corrected chi connectivity index (χ3v) is 6.43. The minimum absolute atomic E-state index is 0.180. The standard InChI is InChI=1S/C14H23BrN2O3S/c1-11-8-12(10-18)9-13(14(11)15)21(19,20)17(4)7-5-6-16(2)3/h8-9,18H,5-7,10H2,1-4H3. The Labute approximate surface area is 135 Å². The Bertz CT molecular complexity index is 588. The number of hydrogen-bond acceptors (Lipinski definition) is 4. The molecule has 21 heavy (non-hydrogen) atoms. The molecular weight excluding hydrogens is 356 g/mol. The summed E-state index contributed by atoms with van der Waals surface area (Å²) in [4.78, 5) is 2.23. The summed E-state index contributed by atoms with van der Waals surface area (Å²) < 4.78 is 27.2. The molecule has 0 saturated carbocycles. The average molecular weight is 379 g/mol. The average Bonchev–Trinajstić information content (AvgIpc) is 2.40. The van der Waals surface area contributed by atoms with Gasteiger partial charge in [-0.1, -0.05) is 6.07 Å². The molecule has 0 fully saturated rings. The van der Waals surface area contributed by atoms with Crippen molar-refractivity contribution in [2.75, 3.05) is 34.2 Å². The van der Waals surface area contributed by atoms with Crippen LogP contribution in [0.3, 0.4) is 0 Å². The highest BCUT2D eigenvalue weighted by molar-refractivity contribution is 9.10. The lowest BCUT2D eigenvalue weighted by Gasteiger charge is -2.20. The molecule has 0 aromatic heterocycles. The first kappa shape index (κ1) is 18.6. The molecule has 0 saturated heterocycles. The maximum atomic E-state index is 12.6. The maximum absolute atomic E-state index is 12.6. The van der Waals surface area contributed by atoms with E-state index in [1.54, 1.807) is 13.1 Å². The predicted octanol–water partition coefficient (Wildman–Crippen LogP) is 1.82. The van der Waals surface area contributed by atoms with Gasteiger partial charge in [0.05, 0.1) is 11.5 Å². The van der Waals surface area contributed by atoms with Crippen LogP contribution >= 0.6 is 15.9 Å². The quantitative estimate of drug-likeness (QED) is 0.785. The monoisotopic (exact) mass is 378 g/mol. The van der Waals surface area contributed by atoms with E-state index in [1.165, 1.54) is 10.4 Å². The van der Waals surface area contributed by atoms with Gasteiger partial charge < -0.3 is 10.0 Å². The van der Waals surface area contributed by atoms with E-state index in [0.29, 0.717) is 16.6 Å². The van der Waals surface area contributed by atoms with Crippen LogP contribution in [0.25, 0.3) is 0 Å². The topological polar surface area (TPSA) is 60.9 Å². The van der Waals surface area contributed by atoms with Crippen molar-refractivity contribution in [1.82, 2.24) is 9.21 Å². The van der Waals surface area contributed by atoms with Crippen molar-refractivity contribution >= 4 is 26.0 Å². The molecule has 1 N–H and O–H groups in total. The Hall–Kier alpha value is -0.470. The lowest BCUT2D eigenvalue weighted by atomic mass is 10.1. The fraction of sp³-hybridized carbons (Fsp3) is 0.571. The second-order valence-electron chi connectivity index (χ2n) is 5.37. The van der Waals surface area contributed by atoms with Gasteiger partial charge in [0.15, 0.2) is 0 Å². The van der Waals surface area contributed by atoms with Gasteiger partial charge >= 0.3 is 0 Å². The van der Waals surface area contributed by atoms with E-state index < -0.39 is 10.0 Å². The van der Waals surface area contributed by atoms with Crippen LogP contribution in [0.2, 0.25) is 0 Å². The fourth-order valence-corrected chi connectivity index (χ4v) is 4.22. The zero-order valence-electron chi connectivity index (χ0n) is 12.9. The minimum Gasteiger partial charge on any atom is -0.392 e. The van der Waals surface area contributed by atoms with E-state index in [9.17, 15) is 13.5 Å². The van der Waals surface area contributed by atoms with Gasteiger partial charge in [-0.05, 0) is 67.1 Å². The van der Waals surface area contributed by atoms with Gasteiger partial charge in [-0.25, -0.2) is 12.7 Å². The first-order chi connectivity index (χ1) is 9.70. The molecule has 7 heteroatoms. The smallest absolute Gasteiger partial charge is 0.243 e. The Kier molecular flexibility index (Phi) is 6.80. The predicted molar refractivity (Wildman–Crippen MR) is 87.8 cm³/mol.